The van der Waals surface area contributed by atoms with Gasteiger partial charge in [-0.3, -0.25) is 4.90 Å². The Hall–Kier alpha value is -3.35. The molecule has 0 saturated carbocycles. The monoisotopic (exact) mass is 573 g/mol. The van der Waals surface area contributed by atoms with Crippen LogP contribution in [0.1, 0.15) is 67.1 Å². The molecule has 1 aromatic heterocycles. The molecule has 1 aliphatic heterocycles. The highest BCUT2D eigenvalue weighted by Gasteiger charge is 2.29. The van der Waals surface area contributed by atoms with Crippen LogP contribution in [-0.2, 0) is 6.42 Å². The standard InChI is InChI=1S/C34H40ClN3O3/c1-5-24-21-36-32(18-23(24)2)41-31-19-28(10-11-29(31)33(39)40)38-16-14-37(15-17-38)22-26-12-13-34(3,4)20-30(26)25-6-8-27(35)9-7-25/h6-11,18-19,21H,5,12-17,20,22H2,1-4H3,(H,39,40). The van der Waals surface area contributed by atoms with Crippen LogP contribution >= 0.6 is 11.6 Å². The van der Waals surface area contributed by atoms with Crippen molar-refractivity contribution in [3.8, 4) is 11.6 Å². The van der Waals surface area contributed by atoms with Gasteiger partial charge in [0.25, 0.3) is 0 Å². The molecule has 216 valence electrons. The molecule has 1 saturated heterocycles. The van der Waals surface area contributed by atoms with Crippen LogP contribution in [0, 0.1) is 12.3 Å². The molecule has 2 heterocycles. The Labute approximate surface area is 248 Å². The molecule has 2 aliphatic rings. The van der Waals surface area contributed by atoms with Crippen LogP contribution in [0.3, 0.4) is 0 Å². The van der Waals surface area contributed by atoms with Gasteiger partial charge in [-0.1, -0.05) is 50.1 Å². The molecule has 1 fully saturated rings. The van der Waals surface area contributed by atoms with Crippen molar-refractivity contribution in [1.29, 1.82) is 0 Å². The van der Waals surface area contributed by atoms with E-state index in [2.05, 4.69) is 47.7 Å². The number of hydrogen-bond donors (Lipinski definition) is 1. The Bertz CT molecular complexity index is 1440. The summed E-state index contributed by atoms with van der Waals surface area (Å²) in [5.74, 6) is -0.292. The molecule has 2 aromatic carbocycles. The van der Waals surface area contributed by atoms with Crippen molar-refractivity contribution in [1.82, 2.24) is 9.88 Å². The van der Waals surface area contributed by atoms with E-state index < -0.39 is 5.97 Å². The molecule has 7 heteroatoms. The summed E-state index contributed by atoms with van der Waals surface area (Å²) in [7, 11) is 0. The normalized spacial score (nSPS) is 17.5. The molecule has 0 bridgehead atoms. The van der Waals surface area contributed by atoms with Crippen LogP contribution in [0.4, 0.5) is 5.69 Å². The fraction of sp³-hybridized carbons (Fsp3) is 0.412. The highest BCUT2D eigenvalue weighted by molar-refractivity contribution is 6.30. The summed E-state index contributed by atoms with van der Waals surface area (Å²) in [6.07, 6.45) is 6.09. The van der Waals surface area contributed by atoms with Crippen LogP contribution in [0.15, 0.2) is 60.3 Å². The third kappa shape index (κ3) is 6.94. The molecular weight excluding hydrogens is 534 g/mol. The number of aryl methyl sites for hydroxylation is 2. The number of allylic oxidation sites excluding steroid dienone is 1. The second-order valence-corrected chi connectivity index (χ2v) is 12.5. The van der Waals surface area contributed by atoms with E-state index in [1.807, 2.05) is 37.3 Å². The maximum absolute atomic E-state index is 12.0. The zero-order valence-electron chi connectivity index (χ0n) is 24.5. The van der Waals surface area contributed by atoms with E-state index in [-0.39, 0.29) is 5.56 Å². The summed E-state index contributed by atoms with van der Waals surface area (Å²) in [5, 5.41) is 10.6. The van der Waals surface area contributed by atoms with Gasteiger partial charge in [0.1, 0.15) is 11.3 Å². The van der Waals surface area contributed by atoms with Gasteiger partial charge in [-0.2, -0.15) is 0 Å². The molecule has 0 spiro atoms. The summed E-state index contributed by atoms with van der Waals surface area (Å²) in [6.45, 7) is 13.4. The first-order valence-corrected chi connectivity index (χ1v) is 14.9. The third-order valence-corrected chi connectivity index (χ3v) is 8.77. The van der Waals surface area contributed by atoms with Crippen LogP contribution in [0.5, 0.6) is 11.6 Å². The molecule has 5 rings (SSSR count). The predicted molar refractivity (Wildman–Crippen MR) is 166 cm³/mol. The fourth-order valence-electron chi connectivity index (χ4n) is 5.96. The van der Waals surface area contributed by atoms with E-state index in [0.29, 0.717) is 17.0 Å². The van der Waals surface area contributed by atoms with E-state index in [4.69, 9.17) is 16.3 Å². The predicted octanol–water partition coefficient (Wildman–Crippen LogP) is 7.88. The number of piperazine rings is 1. The average Bonchev–Trinajstić information content (AvgIpc) is 2.95. The Morgan fingerprint density at radius 3 is 2.46 bits per heavy atom. The maximum Gasteiger partial charge on any atom is 0.339 e. The molecule has 0 unspecified atom stereocenters. The highest BCUT2D eigenvalue weighted by Crippen LogP contribution is 2.43. The first-order chi connectivity index (χ1) is 19.6. The lowest BCUT2D eigenvalue weighted by molar-refractivity contribution is 0.0694. The van der Waals surface area contributed by atoms with Gasteiger partial charge in [-0.25, -0.2) is 9.78 Å². The largest absolute Gasteiger partial charge is 0.478 e. The number of anilines is 1. The topological polar surface area (TPSA) is 65.9 Å². The Balaban J connectivity index is 1.30. The number of ether oxygens (including phenoxy) is 1. The number of carboxylic acids is 1. The van der Waals surface area contributed by atoms with E-state index in [0.717, 1.165) is 73.8 Å². The SMILES string of the molecule is CCc1cnc(Oc2cc(N3CCN(CC4=C(c5ccc(Cl)cc5)CC(C)(C)CC4)CC3)ccc2C(=O)O)cc1C. The van der Waals surface area contributed by atoms with E-state index >= 15 is 0 Å². The molecule has 0 radical (unpaired) electrons. The molecule has 1 N–H and O–H groups in total. The zero-order chi connectivity index (χ0) is 29.1. The van der Waals surface area contributed by atoms with Gasteiger partial charge >= 0.3 is 5.97 Å². The Morgan fingerprint density at radius 1 is 1.07 bits per heavy atom. The summed E-state index contributed by atoms with van der Waals surface area (Å²) in [5.41, 5.74) is 7.93. The van der Waals surface area contributed by atoms with Gasteiger partial charge in [0.15, 0.2) is 0 Å². The summed E-state index contributed by atoms with van der Waals surface area (Å²) < 4.78 is 6.04. The van der Waals surface area contributed by atoms with Crippen molar-refractivity contribution in [2.75, 3.05) is 37.6 Å². The second-order valence-electron chi connectivity index (χ2n) is 12.1. The van der Waals surface area contributed by atoms with Crippen molar-refractivity contribution in [3.63, 3.8) is 0 Å². The van der Waals surface area contributed by atoms with Crippen molar-refractivity contribution in [2.24, 2.45) is 5.41 Å². The van der Waals surface area contributed by atoms with E-state index in [9.17, 15) is 9.90 Å². The number of benzene rings is 2. The zero-order valence-corrected chi connectivity index (χ0v) is 25.3. The molecule has 41 heavy (non-hydrogen) atoms. The summed E-state index contributed by atoms with van der Waals surface area (Å²) >= 11 is 6.19. The van der Waals surface area contributed by atoms with Gasteiger partial charge in [-0.15, -0.1) is 0 Å². The first kappa shape index (κ1) is 29.2. The van der Waals surface area contributed by atoms with Crippen molar-refractivity contribution in [2.45, 2.75) is 53.4 Å². The summed E-state index contributed by atoms with van der Waals surface area (Å²) in [4.78, 5) is 21.2. The van der Waals surface area contributed by atoms with Crippen LogP contribution in [0.25, 0.3) is 5.57 Å². The van der Waals surface area contributed by atoms with E-state index in [1.165, 1.54) is 17.6 Å². The lowest BCUT2D eigenvalue weighted by atomic mass is 9.72. The van der Waals surface area contributed by atoms with Gasteiger partial charge in [-0.05, 0) is 84.6 Å². The molecule has 6 nitrogen and oxygen atoms in total. The van der Waals surface area contributed by atoms with Gasteiger partial charge in [0, 0.05) is 61.8 Å². The van der Waals surface area contributed by atoms with Crippen molar-refractivity contribution < 1.29 is 14.6 Å². The lowest BCUT2D eigenvalue weighted by Gasteiger charge is -2.39. The van der Waals surface area contributed by atoms with Crippen molar-refractivity contribution in [3.05, 3.63) is 87.6 Å². The van der Waals surface area contributed by atoms with Crippen LogP contribution in [0.2, 0.25) is 5.02 Å². The number of halogens is 1. The van der Waals surface area contributed by atoms with Crippen LogP contribution < -0.4 is 9.64 Å². The number of carboxylic acid groups (broad SMARTS) is 1. The van der Waals surface area contributed by atoms with Gasteiger partial charge in [0.2, 0.25) is 5.88 Å². The second kappa shape index (κ2) is 12.3. The smallest absolute Gasteiger partial charge is 0.339 e. The van der Waals surface area contributed by atoms with Gasteiger partial charge in [0.05, 0.1) is 0 Å². The number of carbonyl (C=O) groups is 1. The Kier molecular flexibility index (Phi) is 8.71. The fourth-order valence-corrected chi connectivity index (χ4v) is 6.09. The van der Waals surface area contributed by atoms with Gasteiger partial charge < -0.3 is 14.7 Å². The number of hydrogen-bond acceptors (Lipinski definition) is 5. The highest BCUT2D eigenvalue weighted by atomic mass is 35.5. The Morgan fingerprint density at radius 2 is 1.80 bits per heavy atom. The number of pyridine rings is 1. The van der Waals surface area contributed by atoms with Crippen molar-refractivity contribution >= 4 is 28.8 Å². The number of aromatic carboxylic acids is 1. The minimum atomic E-state index is -1.02. The molecule has 1 aliphatic carbocycles. The third-order valence-electron chi connectivity index (χ3n) is 8.52. The lowest BCUT2D eigenvalue weighted by Crippen LogP contribution is -2.47. The molecule has 0 atom stereocenters. The molecule has 3 aromatic rings. The minimum absolute atomic E-state index is 0.133. The maximum atomic E-state index is 12.0. The first-order valence-electron chi connectivity index (χ1n) is 14.6. The van der Waals surface area contributed by atoms with E-state index in [1.54, 1.807) is 17.8 Å². The summed E-state index contributed by atoms with van der Waals surface area (Å²) in [6, 6.07) is 15.5. The average molecular weight is 574 g/mol. The number of aromatic nitrogens is 1. The quantitative estimate of drug-likeness (QED) is 0.296. The van der Waals surface area contributed by atoms with Crippen LogP contribution in [-0.4, -0.2) is 53.7 Å². The molecular formula is C34H40ClN3O3. The molecule has 0 amide bonds. The number of rotatable bonds is 8. The number of nitrogens with zero attached hydrogens (tertiary/aromatic N) is 3. The minimum Gasteiger partial charge on any atom is -0.478 e.